The minimum atomic E-state index is -3.33. The highest BCUT2D eigenvalue weighted by Gasteiger charge is 2.27. The first-order valence-electron chi connectivity index (χ1n) is 9.14. The lowest BCUT2D eigenvalue weighted by molar-refractivity contribution is 0.189. The summed E-state index contributed by atoms with van der Waals surface area (Å²) in [5.74, 6) is 0. The molecular weight excluding hydrogens is 362 g/mol. The van der Waals surface area contributed by atoms with Crippen LogP contribution in [-0.4, -0.2) is 37.1 Å². The van der Waals surface area contributed by atoms with Crippen LogP contribution < -0.4 is 5.32 Å². The van der Waals surface area contributed by atoms with Crippen molar-refractivity contribution >= 4 is 21.6 Å². The molecule has 1 fully saturated rings. The lowest BCUT2D eigenvalue weighted by Crippen LogP contribution is -2.38. The maximum atomic E-state index is 13.1. The number of carbonyl (C=O) groups excluding carboxylic acids is 1. The Morgan fingerprint density at radius 3 is 2.59 bits per heavy atom. The average Bonchev–Trinajstić information content (AvgIpc) is 2.89. The molecular formula is C20H25N3O3S. The highest BCUT2D eigenvalue weighted by Crippen LogP contribution is 2.31. The topological polar surface area (TPSA) is 79.4 Å². The lowest BCUT2D eigenvalue weighted by atomic mass is 10.0. The molecule has 0 saturated carbocycles. The standard InChI is InChI=1S/C20H25N3O3S/c1-15-7-8-17(27(2,25)26)14-18(15)22-20(24)23-13-5-3-4-6-19(23)16-9-11-21-12-10-16/h7-12,14,19H,3-6,13H2,1-2H3,(H,22,24)/t19-/m0/s1. The molecule has 1 aliphatic heterocycles. The molecule has 7 heteroatoms. The third-order valence-corrected chi connectivity index (χ3v) is 6.09. The maximum absolute atomic E-state index is 13.1. The highest BCUT2D eigenvalue weighted by molar-refractivity contribution is 7.90. The summed E-state index contributed by atoms with van der Waals surface area (Å²) in [7, 11) is -3.33. The van der Waals surface area contributed by atoms with Crippen LogP contribution in [0.3, 0.4) is 0 Å². The van der Waals surface area contributed by atoms with E-state index >= 15 is 0 Å². The molecule has 1 N–H and O–H groups in total. The summed E-state index contributed by atoms with van der Waals surface area (Å²) in [6.45, 7) is 2.52. The van der Waals surface area contributed by atoms with Crippen LogP contribution >= 0.6 is 0 Å². The number of carbonyl (C=O) groups is 1. The van der Waals surface area contributed by atoms with Crippen molar-refractivity contribution in [3.05, 3.63) is 53.9 Å². The minimum Gasteiger partial charge on any atom is -0.317 e. The van der Waals surface area contributed by atoms with Crippen molar-refractivity contribution in [2.75, 3.05) is 18.1 Å². The number of hydrogen-bond donors (Lipinski definition) is 1. The van der Waals surface area contributed by atoms with E-state index in [1.807, 2.05) is 24.0 Å². The molecule has 0 spiro atoms. The van der Waals surface area contributed by atoms with Gasteiger partial charge in [-0.15, -0.1) is 0 Å². The molecule has 1 aromatic carbocycles. The summed E-state index contributed by atoms with van der Waals surface area (Å²) in [4.78, 5) is 19.2. The fourth-order valence-electron chi connectivity index (χ4n) is 3.44. The van der Waals surface area contributed by atoms with Gasteiger partial charge < -0.3 is 10.2 Å². The van der Waals surface area contributed by atoms with Crippen LogP contribution in [0, 0.1) is 6.92 Å². The van der Waals surface area contributed by atoms with Gasteiger partial charge in [0, 0.05) is 30.9 Å². The van der Waals surface area contributed by atoms with Crippen molar-refractivity contribution in [1.29, 1.82) is 0 Å². The zero-order valence-electron chi connectivity index (χ0n) is 15.7. The van der Waals surface area contributed by atoms with Crippen molar-refractivity contribution in [3.63, 3.8) is 0 Å². The molecule has 0 radical (unpaired) electrons. The summed E-state index contributed by atoms with van der Waals surface area (Å²) < 4.78 is 23.7. The first kappa shape index (κ1) is 19.4. The Kier molecular flexibility index (Phi) is 5.79. The van der Waals surface area contributed by atoms with E-state index in [9.17, 15) is 13.2 Å². The van der Waals surface area contributed by atoms with E-state index in [1.54, 1.807) is 24.5 Å². The molecule has 2 aromatic rings. The second-order valence-electron chi connectivity index (χ2n) is 7.02. The molecule has 144 valence electrons. The van der Waals surface area contributed by atoms with E-state index in [1.165, 1.54) is 6.07 Å². The second kappa shape index (κ2) is 8.08. The molecule has 3 rings (SSSR count). The fraction of sp³-hybridized carbons (Fsp3) is 0.400. The van der Waals surface area contributed by atoms with E-state index in [0.29, 0.717) is 12.2 Å². The Labute approximate surface area is 160 Å². The predicted octanol–water partition coefficient (Wildman–Crippen LogP) is 3.94. The van der Waals surface area contributed by atoms with Gasteiger partial charge in [-0.1, -0.05) is 18.9 Å². The van der Waals surface area contributed by atoms with E-state index in [2.05, 4.69) is 10.3 Å². The number of rotatable bonds is 3. The molecule has 1 atom stereocenters. The number of urea groups is 1. The number of anilines is 1. The number of benzene rings is 1. The van der Waals surface area contributed by atoms with Crippen LogP contribution in [0.25, 0.3) is 0 Å². The van der Waals surface area contributed by atoms with Gasteiger partial charge in [0.05, 0.1) is 10.9 Å². The number of aromatic nitrogens is 1. The maximum Gasteiger partial charge on any atom is 0.322 e. The third kappa shape index (κ3) is 4.66. The van der Waals surface area contributed by atoms with Gasteiger partial charge in [-0.05, 0) is 55.2 Å². The first-order valence-corrected chi connectivity index (χ1v) is 11.0. The molecule has 2 amide bonds. The van der Waals surface area contributed by atoms with Gasteiger partial charge in [-0.25, -0.2) is 13.2 Å². The Morgan fingerprint density at radius 2 is 1.89 bits per heavy atom. The predicted molar refractivity (Wildman–Crippen MR) is 105 cm³/mol. The molecule has 27 heavy (non-hydrogen) atoms. The van der Waals surface area contributed by atoms with Gasteiger partial charge in [-0.3, -0.25) is 4.98 Å². The van der Waals surface area contributed by atoms with Crippen molar-refractivity contribution in [1.82, 2.24) is 9.88 Å². The van der Waals surface area contributed by atoms with Gasteiger partial charge in [0.15, 0.2) is 9.84 Å². The smallest absolute Gasteiger partial charge is 0.317 e. The monoisotopic (exact) mass is 387 g/mol. The van der Waals surface area contributed by atoms with Crippen LogP contribution in [0.15, 0.2) is 47.6 Å². The summed E-state index contributed by atoms with van der Waals surface area (Å²) in [5.41, 5.74) is 2.43. The second-order valence-corrected chi connectivity index (χ2v) is 9.03. The van der Waals surface area contributed by atoms with Crippen molar-refractivity contribution in [3.8, 4) is 0 Å². The Morgan fingerprint density at radius 1 is 1.15 bits per heavy atom. The molecule has 1 aliphatic rings. The van der Waals surface area contributed by atoms with Gasteiger partial charge in [0.25, 0.3) is 0 Å². The number of aryl methyl sites for hydroxylation is 1. The van der Waals surface area contributed by atoms with E-state index in [4.69, 9.17) is 0 Å². The summed E-state index contributed by atoms with van der Waals surface area (Å²) >= 11 is 0. The number of likely N-dealkylation sites (tertiary alicyclic amines) is 1. The van der Waals surface area contributed by atoms with Gasteiger partial charge in [0.2, 0.25) is 0 Å². The molecule has 0 unspecified atom stereocenters. The highest BCUT2D eigenvalue weighted by atomic mass is 32.2. The quantitative estimate of drug-likeness (QED) is 0.865. The summed E-state index contributed by atoms with van der Waals surface area (Å²) in [5, 5.41) is 2.93. The van der Waals surface area contributed by atoms with Crippen LogP contribution in [-0.2, 0) is 9.84 Å². The average molecular weight is 388 g/mol. The van der Waals surface area contributed by atoms with E-state index in [0.717, 1.165) is 43.1 Å². The molecule has 0 aliphatic carbocycles. The summed E-state index contributed by atoms with van der Waals surface area (Å²) in [6.07, 6.45) is 8.67. The normalized spacial score (nSPS) is 18.0. The number of pyridine rings is 1. The fourth-order valence-corrected chi connectivity index (χ4v) is 4.08. The lowest BCUT2D eigenvalue weighted by Gasteiger charge is -2.30. The third-order valence-electron chi connectivity index (χ3n) is 4.98. The zero-order valence-corrected chi connectivity index (χ0v) is 16.5. The summed E-state index contributed by atoms with van der Waals surface area (Å²) in [6, 6.07) is 8.50. The molecule has 1 aromatic heterocycles. The van der Waals surface area contributed by atoms with Crippen LogP contribution in [0.2, 0.25) is 0 Å². The number of hydrogen-bond acceptors (Lipinski definition) is 4. The van der Waals surface area contributed by atoms with Gasteiger partial charge >= 0.3 is 6.03 Å². The largest absolute Gasteiger partial charge is 0.322 e. The molecule has 1 saturated heterocycles. The van der Waals surface area contributed by atoms with Crippen molar-refractivity contribution < 1.29 is 13.2 Å². The number of sulfone groups is 1. The van der Waals surface area contributed by atoms with Gasteiger partial charge in [0.1, 0.15) is 0 Å². The van der Waals surface area contributed by atoms with E-state index in [-0.39, 0.29) is 17.0 Å². The van der Waals surface area contributed by atoms with Gasteiger partial charge in [-0.2, -0.15) is 0 Å². The number of nitrogens with zero attached hydrogens (tertiary/aromatic N) is 2. The Hall–Kier alpha value is -2.41. The Balaban J connectivity index is 1.87. The number of amides is 2. The van der Waals surface area contributed by atoms with E-state index < -0.39 is 9.84 Å². The number of nitrogens with one attached hydrogen (secondary N) is 1. The minimum absolute atomic E-state index is 0.00565. The SMILES string of the molecule is Cc1ccc(S(C)(=O)=O)cc1NC(=O)N1CCCCC[C@H]1c1ccncc1. The molecule has 0 bridgehead atoms. The molecule has 6 nitrogen and oxygen atoms in total. The van der Waals surface area contributed by atoms with Crippen molar-refractivity contribution in [2.24, 2.45) is 0 Å². The van der Waals surface area contributed by atoms with Crippen LogP contribution in [0.1, 0.15) is 42.9 Å². The molecule has 2 heterocycles. The van der Waals surface area contributed by atoms with Crippen molar-refractivity contribution in [2.45, 2.75) is 43.5 Å². The Bertz CT molecular complexity index is 913. The zero-order chi connectivity index (χ0) is 19.4. The van der Waals surface area contributed by atoms with Crippen LogP contribution in [0.5, 0.6) is 0 Å². The first-order chi connectivity index (χ1) is 12.9. The van der Waals surface area contributed by atoms with Crippen LogP contribution in [0.4, 0.5) is 10.5 Å².